The molecule has 2 aliphatic rings. The minimum absolute atomic E-state index is 0.0309. The van der Waals surface area contributed by atoms with E-state index in [9.17, 15) is 9.59 Å². The highest BCUT2D eigenvalue weighted by molar-refractivity contribution is 7.10. The number of rotatable bonds is 4. The maximum absolute atomic E-state index is 13.5. The molecule has 1 aromatic heterocycles. The summed E-state index contributed by atoms with van der Waals surface area (Å²) in [6, 6.07) is 19.8. The first-order chi connectivity index (χ1) is 15.1. The highest BCUT2D eigenvalue weighted by atomic mass is 32.1. The fraction of sp³-hybridized carbons (Fsp3) is 0.250. The minimum atomic E-state index is -0.853. The Hall–Kier alpha value is -3.16. The molecule has 5 rings (SSSR count). The lowest BCUT2D eigenvalue weighted by molar-refractivity contribution is -0.125. The van der Waals surface area contributed by atoms with Gasteiger partial charge in [-0.25, -0.2) is 0 Å². The third-order valence-electron chi connectivity index (χ3n) is 5.91. The van der Waals surface area contributed by atoms with Gasteiger partial charge in [0, 0.05) is 11.4 Å². The van der Waals surface area contributed by atoms with E-state index in [0.717, 1.165) is 13.0 Å². The summed E-state index contributed by atoms with van der Waals surface area (Å²) in [5.74, 6) is -0.138. The number of thiophene rings is 1. The third kappa shape index (κ3) is 3.71. The molecule has 0 saturated carbocycles. The molecule has 0 spiro atoms. The van der Waals surface area contributed by atoms with Gasteiger partial charge in [0.15, 0.2) is 6.10 Å². The lowest BCUT2D eigenvalue weighted by atomic mass is 9.93. The molecule has 31 heavy (non-hydrogen) atoms. The summed E-state index contributed by atoms with van der Waals surface area (Å²) in [6.45, 7) is 1.16. The zero-order valence-electron chi connectivity index (χ0n) is 16.9. The Kier molecular flexibility index (Phi) is 5.21. The van der Waals surface area contributed by atoms with Gasteiger partial charge in [0.25, 0.3) is 5.91 Å². The van der Waals surface area contributed by atoms with Crippen molar-refractivity contribution in [2.45, 2.75) is 18.6 Å². The largest absolute Gasteiger partial charge is 0.477 e. The number of nitrogens with zero attached hydrogens (tertiary/aromatic N) is 2. The van der Waals surface area contributed by atoms with Crippen molar-refractivity contribution in [2.75, 3.05) is 24.5 Å². The Bertz CT molecular complexity index is 1110. The van der Waals surface area contributed by atoms with Crippen molar-refractivity contribution in [3.05, 3.63) is 82.0 Å². The predicted molar refractivity (Wildman–Crippen MR) is 120 cm³/mol. The number of fused-ring (bicyclic) bond motifs is 2. The Labute approximate surface area is 184 Å². The number of hydrogen-bond donors (Lipinski definition) is 1. The van der Waals surface area contributed by atoms with Gasteiger partial charge in [0.1, 0.15) is 5.75 Å². The number of nitrogens with two attached hydrogens (primary N) is 1. The van der Waals surface area contributed by atoms with Crippen LogP contribution in [0, 0.1) is 0 Å². The molecule has 3 heterocycles. The lowest BCUT2D eigenvalue weighted by Gasteiger charge is -2.38. The van der Waals surface area contributed by atoms with Crippen molar-refractivity contribution in [2.24, 2.45) is 5.73 Å². The van der Waals surface area contributed by atoms with Gasteiger partial charge in [-0.2, -0.15) is 0 Å². The van der Waals surface area contributed by atoms with E-state index in [2.05, 4.69) is 28.5 Å². The van der Waals surface area contributed by atoms with E-state index in [1.807, 2.05) is 36.4 Å². The SMILES string of the molecule is NC(=O)[C@H]1CN(C(=O)CN2CCc3sccc3[C@@H]2c2ccccc2)c2ccccc2O1. The molecule has 0 aliphatic carbocycles. The van der Waals surface area contributed by atoms with Crippen molar-refractivity contribution in [1.29, 1.82) is 0 Å². The number of para-hydroxylation sites is 2. The summed E-state index contributed by atoms with van der Waals surface area (Å²) in [5.41, 5.74) is 8.62. The molecule has 158 valence electrons. The maximum Gasteiger partial charge on any atom is 0.260 e. The molecule has 2 aromatic carbocycles. The normalized spacial score (nSPS) is 20.5. The summed E-state index contributed by atoms with van der Waals surface area (Å²) in [7, 11) is 0. The molecule has 0 bridgehead atoms. The minimum Gasteiger partial charge on any atom is -0.477 e. The van der Waals surface area contributed by atoms with Crippen LogP contribution in [0.4, 0.5) is 5.69 Å². The van der Waals surface area contributed by atoms with E-state index in [4.69, 9.17) is 10.5 Å². The first kappa shape index (κ1) is 19.8. The van der Waals surface area contributed by atoms with Crippen LogP contribution in [0.15, 0.2) is 66.0 Å². The van der Waals surface area contributed by atoms with Crippen molar-refractivity contribution in [3.8, 4) is 5.75 Å². The molecule has 6 nitrogen and oxygen atoms in total. The molecular formula is C24H23N3O3S. The van der Waals surface area contributed by atoms with Crippen molar-refractivity contribution in [1.82, 2.24) is 4.90 Å². The van der Waals surface area contributed by atoms with Gasteiger partial charge >= 0.3 is 0 Å². The first-order valence-electron chi connectivity index (χ1n) is 10.3. The molecule has 0 saturated heterocycles. The van der Waals surface area contributed by atoms with Crippen LogP contribution in [0.3, 0.4) is 0 Å². The molecule has 2 aliphatic heterocycles. The average Bonchev–Trinajstić information content (AvgIpc) is 3.27. The number of amides is 2. The molecule has 0 fully saturated rings. The van der Waals surface area contributed by atoms with E-state index < -0.39 is 12.0 Å². The lowest BCUT2D eigenvalue weighted by Crippen LogP contribution is -2.52. The van der Waals surface area contributed by atoms with Gasteiger partial charge in [0.2, 0.25) is 5.91 Å². The summed E-state index contributed by atoms with van der Waals surface area (Å²) in [4.78, 5) is 30.6. The van der Waals surface area contributed by atoms with E-state index >= 15 is 0 Å². The van der Waals surface area contributed by atoms with Crippen LogP contribution in [-0.4, -0.2) is 42.5 Å². The van der Waals surface area contributed by atoms with Crippen molar-refractivity contribution < 1.29 is 14.3 Å². The molecular weight excluding hydrogens is 410 g/mol. The second-order valence-corrected chi connectivity index (χ2v) is 8.81. The first-order valence-corrected chi connectivity index (χ1v) is 11.2. The summed E-state index contributed by atoms with van der Waals surface area (Å²) in [5, 5.41) is 2.13. The second-order valence-electron chi connectivity index (χ2n) is 7.81. The molecule has 0 unspecified atom stereocenters. The molecule has 2 atom stereocenters. The Morgan fingerprint density at radius 1 is 1.06 bits per heavy atom. The van der Waals surface area contributed by atoms with Gasteiger partial charge in [-0.05, 0) is 41.1 Å². The predicted octanol–water partition coefficient (Wildman–Crippen LogP) is 2.98. The van der Waals surface area contributed by atoms with Crippen molar-refractivity contribution in [3.63, 3.8) is 0 Å². The molecule has 3 aromatic rings. The molecule has 2 amide bonds. The van der Waals surface area contributed by atoms with Gasteiger partial charge in [0.05, 0.1) is 24.8 Å². The monoisotopic (exact) mass is 433 g/mol. The fourth-order valence-electron chi connectivity index (χ4n) is 4.44. The standard InChI is InChI=1S/C24H23N3O3S/c25-24(29)20-14-27(18-8-4-5-9-19(18)30-20)22(28)15-26-12-10-21-17(11-13-31-21)23(26)16-6-2-1-3-7-16/h1-9,11,13,20,23H,10,12,14-15H2,(H2,25,29)/t20-,23+/m1/s1. The average molecular weight is 434 g/mol. The zero-order valence-corrected chi connectivity index (χ0v) is 17.8. The summed E-state index contributed by atoms with van der Waals surface area (Å²) in [6.07, 6.45) is 0.0707. The number of primary amides is 1. The summed E-state index contributed by atoms with van der Waals surface area (Å²) >= 11 is 1.78. The van der Waals surface area contributed by atoms with Crippen LogP contribution in [0.25, 0.3) is 0 Å². The molecule has 0 radical (unpaired) electrons. The Morgan fingerprint density at radius 3 is 2.65 bits per heavy atom. The highest BCUT2D eigenvalue weighted by Gasteiger charge is 2.36. The van der Waals surface area contributed by atoms with Crippen LogP contribution in [0.2, 0.25) is 0 Å². The van der Waals surface area contributed by atoms with E-state index in [0.29, 0.717) is 11.4 Å². The Balaban J connectivity index is 1.45. The Morgan fingerprint density at radius 2 is 1.84 bits per heavy atom. The number of benzene rings is 2. The van der Waals surface area contributed by atoms with E-state index in [1.165, 1.54) is 16.0 Å². The number of carbonyl (C=O) groups excluding carboxylic acids is 2. The smallest absolute Gasteiger partial charge is 0.260 e. The topological polar surface area (TPSA) is 75.9 Å². The second kappa shape index (κ2) is 8.17. The number of anilines is 1. The van der Waals surface area contributed by atoms with Crippen LogP contribution < -0.4 is 15.4 Å². The fourth-order valence-corrected chi connectivity index (χ4v) is 5.35. The zero-order chi connectivity index (χ0) is 21.4. The van der Waals surface area contributed by atoms with Crippen LogP contribution >= 0.6 is 11.3 Å². The molecule has 7 heteroatoms. The maximum atomic E-state index is 13.5. The third-order valence-corrected chi connectivity index (χ3v) is 6.91. The van der Waals surface area contributed by atoms with Gasteiger partial charge in [-0.3, -0.25) is 14.5 Å². The summed E-state index contributed by atoms with van der Waals surface area (Å²) < 4.78 is 5.71. The quantitative estimate of drug-likeness (QED) is 0.686. The van der Waals surface area contributed by atoms with Crippen LogP contribution in [-0.2, 0) is 16.0 Å². The van der Waals surface area contributed by atoms with Gasteiger partial charge < -0.3 is 15.4 Å². The van der Waals surface area contributed by atoms with E-state index in [1.54, 1.807) is 22.3 Å². The number of carbonyl (C=O) groups is 2. The van der Waals surface area contributed by atoms with Gasteiger partial charge in [-0.15, -0.1) is 11.3 Å². The number of hydrogen-bond acceptors (Lipinski definition) is 5. The van der Waals surface area contributed by atoms with Crippen molar-refractivity contribution >= 4 is 28.8 Å². The highest BCUT2D eigenvalue weighted by Crippen LogP contribution is 2.38. The van der Waals surface area contributed by atoms with Crippen LogP contribution in [0.1, 0.15) is 22.0 Å². The number of ether oxygens (including phenoxy) is 1. The van der Waals surface area contributed by atoms with E-state index in [-0.39, 0.29) is 25.0 Å². The molecule has 2 N–H and O–H groups in total. The van der Waals surface area contributed by atoms with Gasteiger partial charge in [-0.1, -0.05) is 42.5 Å². The van der Waals surface area contributed by atoms with Crippen LogP contribution in [0.5, 0.6) is 5.75 Å².